The smallest absolute Gasteiger partial charge is 0.246 e. The Morgan fingerprint density at radius 1 is 1.19 bits per heavy atom. The predicted octanol–water partition coefficient (Wildman–Crippen LogP) is 2.69. The van der Waals surface area contributed by atoms with Gasteiger partial charge in [0.1, 0.15) is 4.90 Å². The van der Waals surface area contributed by atoms with Crippen molar-refractivity contribution >= 4 is 22.4 Å². The maximum absolute atomic E-state index is 13.3. The Balaban J connectivity index is 0.00000261. The molecule has 0 radical (unpaired) electrons. The van der Waals surface area contributed by atoms with E-state index in [2.05, 4.69) is 18.9 Å². The van der Waals surface area contributed by atoms with Gasteiger partial charge in [0.15, 0.2) is 0 Å². The Morgan fingerprint density at radius 3 is 2.41 bits per heavy atom. The van der Waals surface area contributed by atoms with Gasteiger partial charge in [0.05, 0.1) is 11.4 Å². The fourth-order valence-electron chi connectivity index (χ4n) is 3.75. The third-order valence-electron chi connectivity index (χ3n) is 5.01. The first-order chi connectivity index (χ1) is 12.2. The van der Waals surface area contributed by atoms with Crippen LogP contribution in [0.25, 0.3) is 0 Å². The van der Waals surface area contributed by atoms with Gasteiger partial charge in [-0.3, -0.25) is 4.68 Å². The maximum Gasteiger partial charge on any atom is 0.246 e. The lowest BCUT2D eigenvalue weighted by molar-refractivity contribution is 0.463. The second-order valence-corrected chi connectivity index (χ2v) is 9.45. The number of aryl methyl sites for hydroxylation is 1. The van der Waals surface area contributed by atoms with Crippen LogP contribution in [0.4, 0.5) is 0 Å². The van der Waals surface area contributed by atoms with Crippen LogP contribution >= 0.6 is 12.4 Å². The van der Waals surface area contributed by atoms with Crippen molar-refractivity contribution in [2.75, 3.05) is 13.1 Å². The van der Waals surface area contributed by atoms with E-state index in [1.807, 2.05) is 37.3 Å². The molecule has 1 aromatic heterocycles. The quantitative estimate of drug-likeness (QED) is 0.818. The molecule has 1 aliphatic rings. The molecule has 27 heavy (non-hydrogen) atoms. The van der Waals surface area contributed by atoms with E-state index in [0.717, 1.165) is 5.56 Å². The molecule has 1 aromatic carbocycles. The van der Waals surface area contributed by atoms with Crippen LogP contribution in [-0.4, -0.2) is 41.6 Å². The van der Waals surface area contributed by atoms with Crippen molar-refractivity contribution in [3.63, 3.8) is 0 Å². The average Bonchev–Trinajstić information content (AvgIpc) is 3.09. The minimum absolute atomic E-state index is 0. The first-order valence-corrected chi connectivity index (χ1v) is 10.5. The molecule has 1 aliphatic heterocycles. The molecule has 0 bridgehead atoms. The molecule has 1 saturated heterocycles. The zero-order valence-electron chi connectivity index (χ0n) is 16.3. The van der Waals surface area contributed by atoms with Crippen LogP contribution in [0.1, 0.15) is 36.7 Å². The summed E-state index contributed by atoms with van der Waals surface area (Å²) in [5.41, 5.74) is 8.64. The molecule has 0 amide bonds. The molecule has 0 saturated carbocycles. The molecule has 2 aromatic rings. The van der Waals surface area contributed by atoms with Crippen LogP contribution in [-0.2, 0) is 16.6 Å². The highest BCUT2D eigenvalue weighted by Crippen LogP contribution is 2.32. The number of hydrogen-bond donors (Lipinski definition) is 1. The third-order valence-corrected chi connectivity index (χ3v) is 7.10. The van der Waals surface area contributed by atoms with E-state index in [0.29, 0.717) is 41.8 Å². The summed E-state index contributed by atoms with van der Waals surface area (Å²) in [4.78, 5) is 0.332. The second-order valence-electron chi connectivity index (χ2n) is 7.58. The fourth-order valence-corrected chi connectivity index (χ4v) is 5.62. The van der Waals surface area contributed by atoms with Gasteiger partial charge < -0.3 is 5.73 Å². The Morgan fingerprint density at radius 2 is 1.81 bits per heavy atom. The summed E-state index contributed by atoms with van der Waals surface area (Å²) in [5.74, 6) is 0.406. The SMILES string of the molecule is Cc1nn(CC(C)C)c(C)c1S(=O)(=O)N1C[C@@H](N)[C@H](c2ccccc2)C1.Cl. The van der Waals surface area contributed by atoms with E-state index in [1.54, 1.807) is 11.6 Å². The fraction of sp³-hybridized carbons (Fsp3) is 0.526. The van der Waals surface area contributed by atoms with E-state index >= 15 is 0 Å². The Kier molecular flexibility index (Phi) is 6.73. The summed E-state index contributed by atoms with van der Waals surface area (Å²) in [7, 11) is -3.62. The van der Waals surface area contributed by atoms with Gasteiger partial charge in [0.25, 0.3) is 0 Å². The monoisotopic (exact) mass is 412 g/mol. The molecule has 1 fully saturated rings. The summed E-state index contributed by atoms with van der Waals surface area (Å²) in [6.07, 6.45) is 0. The number of aromatic nitrogens is 2. The highest BCUT2D eigenvalue weighted by atomic mass is 35.5. The Hall–Kier alpha value is -1.41. The van der Waals surface area contributed by atoms with Crippen LogP contribution in [0.3, 0.4) is 0 Å². The number of benzene rings is 1. The molecule has 2 N–H and O–H groups in total. The van der Waals surface area contributed by atoms with E-state index in [-0.39, 0.29) is 24.4 Å². The minimum atomic E-state index is -3.62. The molecule has 2 heterocycles. The van der Waals surface area contributed by atoms with Crippen molar-refractivity contribution in [2.45, 2.75) is 51.1 Å². The molecule has 0 unspecified atom stereocenters. The lowest BCUT2D eigenvalue weighted by atomic mass is 9.95. The summed E-state index contributed by atoms with van der Waals surface area (Å²) in [5, 5.41) is 4.46. The van der Waals surface area contributed by atoms with Crippen molar-refractivity contribution < 1.29 is 8.42 Å². The zero-order valence-corrected chi connectivity index (χ0v) is 17.9. The van der Waals surface area contributed by atoms with Crippen molar-refractivity contribution in [2.24, 2.45) is 11.7 Å². The molecule has 2 atom stereocenters. The first kappa shape index (κ1) is 21.9. The number of rotatable bonds is 5. The van der Waals surface area contributed by atoms with Gasteiger partial charge in [-0.2, -0.15) is 9.40 Å². The van der Waals surface area contributed by atoms with Crippen LogP contribution in [0.2, 0.25) is 0 Å². The molecule has 150 valence electrons. The number of halogens is 1. The number of nitrogens with two attached hydrogens (primary N) is 1. The molecular weight excluding hydrogens is 384 g/mol. The van der Waals surface area contributed by atoms with Gasteiger partial charge in [-0.15, -0.1) is 12.4 Å². The van der Waals surface area contributed by atoms with Crippen LogP contribution in [0, 0.1) is 19.8 Å². The van der Waals surface area contributed by atoms with Crippen molar-refractivity contribution in [1.82, 2.24) is 14.1 Å². The van der Waals surface area contributed by atoms with Gasteiger partial charge >= 0.3 is 0 Å². The van der Waals surface area contributed by atoms with Gasteiger partial charge in [-0.1, -0.05) is 44.2 Å². The highest BCUT2D eigenvalue weighted by Gasteiger charge is 2.40. The lowest BCUT2D eigenvalue weighted by Crippen LogP contribution is -2.32. The van der Waals surface area contributed by atoms with Gasteiger partial charge in [0, 0.05) is 31.6 Å². The molecule has 3 rings (SSSR count). The molecule has 6 nitrogen and oxygen atoms in total. The minimum Gasteiger partial charge on any atom is -0.326 e. The van der Waals surface area contributed by atoms with E-state index in [1.165, 1.54) is 4.31 Å². The van der Waals surface area contributed by atoms with Crippen molar-refractivity contribution in [3.8, 4) is 0 Å². The van der Waals surface area contributed by atoms with Crippen LogP contribution in [0.5, 0.6) is 0 Å². The van der Waals surface area contributed by atoms with E-state index in [4.69, 9.17) is 5.73 Å². The standard InChI is InChI=1S/C19H28N4O2S.ClH/c1-13(2)10-23-15(4)19(14(3)21-23)26(24,25)22-11-17(18(20)12-22)16-8-6-5-7-9-16;/h5-9,13,17-18H,10-12,20H2,1-4H3;1H/t17-,18+;/m0./s1. The highest BCUT2D eigenvalue weighted by molar-refractivity contribution is 7.89. The summed E-state index contributed by atoms with van der Waals surface area (Å²) >= 11 is 0. The summed E-state index contributed by atoms with van der Waals surface area (Å²) in [6, 6.07) is 9.69. The summed E-state index contributed by atoms with van der Waals surface area (Å²) < 4.78 is 30.0. The normalized spacial score (nSPS) is 20.8. The second kappa shape index (κ2) is 8.31. The largest absolute Gasteiger partial charge is 0.326 e. The number of hydrogen-bond acceptors (Lipinski definition) is 4. The molecule has 0 aliphatic carbocycles. The van der Waals surface area contributed by atoms with Gasteiger partial charge in [-0.05, 0) is 25.3 Å². The zero-order chi connectivity index (χ0) is 19.1. The van der Waals surface area contributed by atoms with Crippen LogP contribution < -0.4 is 5.73 Å². The van der Waals surface area contributed by atoms with E-state index in [9.17, 15) is 8.42 Å². The number of sulfonamides is 1. The first-order valence-electron chi connectivity index (χ1n) is 9.06. The number of nitrogens with zero attached hydrogens (tertiary/aromatic N) is 3. The van der Waals surface area contributed by atoms with Crippen molar-refractivity contribution in [3.05, 3.63) is 47.3 Å². The predicted molar refractivity (Wildman–Crippen MR) is 110 cm³/mol. The Labute approximate surface area is 168 Å². The third kappa shape index (κ3) is 4.21. The molecule has 0 spiro atoms. The average molecular weight is 413 g/mol. The van der Waals surface area contributed by atoms with Gasteiger partial charge in [0.2, 0.25) is 10.0 Å². The maximum atomic E-state index is 13.3. The van der Waals surface area contributed by atoms with E-state index < -0.39 is 10.0 Å². The lowest BCUT2D eigenvalue weighted by Gasteiger charge is -2.17. The van der Waals surface area contributed by atoms with Crippen LogP contribution in [0.15, 0.2) is 35.2 Å². The Bertz CT molecular complexity index is 881. The molecular formula is C19H29ClN4O2S. The van der Waals surface area contributed by atoms with Gasteiger partial charge in [-0.25, -0.2) is 8.42 Å². The molecule has 8 heteroatoms. The topological polar surface area (TPSA) is 81.2 Å². The summed E-state index contributed by atoms with van der Waals surface area (Å²) in [6.45, 7) is 9.22. The van der Waals surface area contributed by atoms with Crippen molar-refractivity contribution in [1.29, 1.82) is 0 Å².